The van der Waals surface area contributed by atoms with Crippen LogP contribution in [0, 0.1) is 11.6 Å². The van der Waals surface area contributed by atoms with Crippen LogP contribution < -0.4 is 31.6 Å². The maximum atomic E-state index is 14.4. The van der Waals surface area contributed by atoms with Crippen LogP contribution in [0.2, 0.25) is 0 Å². The van der Waals surface area contributed by atoms with Gasteiger partial charge in [-0.15, -0.1) is 0 Å². The largest absolute Gasteiger partial charge is 0.340 e. The van der Waals surface area contributed by atoms with Crippen LogP contribution in [-0.2, 0) is 42.8 Å². The van der Waals surface area contributed by atoms with Gasteiger partial charge in [0.1, 0.15) is 11.6 Å². The number of anilines is 2. The molecule has 0 radical (unpaired) electrons. The number of benzene rings is 2. The molecule has 18 nitrogen and oxygen atoms in total. The third kappa shape index (κ3) is 15.5. The van der Waals surface area contributed by atoms with Crippen LogP contribution >= 0.6 is 0 Å². The Morgan fingerprint density at radius 1 is 0.500 bits per heavy atom. The number of halogens is 2. The topological polar surface area (TPSA) is 184 Å². The lowest BCUT2D eigenvalue weighted by atomic mass is 9.91. The second-order valence-corrected chi connectivity index (χ2v) is 27.9. The summed E-state index contributed by atoms with van der Waals surface area (Å²) < 4.78 is 27.3. The number of piperazine rings is 4. The summed E-state index contributed by atoms with van der Waals surface area (Å²) in [5.41, 5.74) is 4.44. The number of hydrogen-bond donors (Lipinski definition) is 4. The van der Waals surface area contributed by atoms with Gasteiger partial charge in [-0.2, -0.15) is 0 Å². The molecule has 10 rings (SSSR count). The van der Waals surface area contributed by atoms with E-state index in [0.29, 0.717) is 76.1 Å². The fourth-order valence-electron chi connectivity index (χ4n) is 14.5. The number of aromatic nitrogens is 2. The van der Waals surface area contributed by atoms with E-state index in [1.807, 2.05) is 31.7 Å². The molecule has 6 aliphatic rings. The molecule has 8 heterocycles. The fourth-order valence-corrected chi connectivity index (χ4v) is 14.5. The molecule has 4 saturated heterocycles. The Hall–Kier alpha value is -6.16. The van der Waals surface area contributed by atoms with E-state index in [4.69, 9.17) is 0 Å². The van der Waals surface area contributed by atoms with E-state index in [1.165, 1.54) is 24.3 Å². The molecule has 478 valence electrons. The molecule has 4 fully saturated rings. The number of unbranched alkanes of at least 4 members (excludes halogenated alkanes) is 5. The highest BCUT2D eigenvalue weighted by atomic mass is 19.1. The molecule has 6 atom stereocenters. The summed E-state index contributed by atoms with van der Waals surface area (Å²) in [5.74, 6) is -0.242. The van der Waals surface area contributed by atoms with Crippen molar-refractivity contribution in [3.05, 3.63) is 127 Å². The number of rotatable bonds is 21. The van der Waals surface area contributed by atoms with Crippen molar-refractivity contribution in [1.29, 1.82) is 0 Å². The SMILES string of the molecule is C[C@@H]1CN(CC(=O)N2CC(C)(C)c3[nH]c(=O)c(Cc4ccc(F)cc4)cc32)[C@@H](CN2CCN(C(=O)CCCCCCCCC(=O)N3CCN(C[C@H]4CN[C@H](C)CN4CC(=O)N4CC(C)(C)c5[nH]c(=O)c(Cc6ccc(F)cc6)cc54)[C@H](C)C3)C[C@H]2C)CN1. The number of nitrogens with one attached hydrogen (secondary N) is 4. The monoisotopic (exact) mass is 1210 g/mol. The number of carbonyl (C=O) groups excluding carboxylic acids is 4. The summed E-state index contributed by atoms with van der Waals surface area (Å²) in [6.45, 7) is 27.1. The van der Waals surface area contributed by atoms with E-state index >= 15 is 0 Å². The number of fused-ring (bicyclic) bond motifs is 2. The second-order valence-electron chi connectivity index (χ2n) is 27.9. The number of pyridine rings is 2. The summed E-state index contributed by atoms with van der Waals surface area (Å²) in [7, 11) is 0. The zero-order valence-electron chi connectivity index (χ0n) is 53.4. The molecule has 20 heteroatoms. The minimum absolute atomic E-state index is 0.00329. The molecule has 6 aliphatic heterocycles. The molecule has 4 N–H and O–H groups in total. The van der Waals surface area contributed by atoms with E-state index in [0.717, 1.165) is 125 Å². The van der Waals surface area contributed by atoms with Gasteiger partial charge in [0, 0.05) is 187 Å². The van der Waals surface area contributed by atoms with Gasteiger partial charge in [-0.1, -0.05) is 77.6 Å². The Labute approximate surface area is 518 Å². The highest BCUT2D eigenvalue weighted by molar-refractivity contribution is 5.98. The maximum Gasteiger partial charge on any atom is 0.251 e. The number of hydrogen-bond acceptors (Lipinski definition) is 12. The van der Waals surface area contributed by atoms with Gasteiger partial charge in [-0.3, -0.25) is 48.4 Å². The second kappa shape index (κ2) is 27.9. The summed E-state index contributed by atoms with van der Waals surface area (Å²) in [6, 6.07) is 17.0. The summed E-state index contributed by atoms with van der Waals surface area (Å²) in [4.78, 5) is 106. The predicted octanol–water partition coefficient (Wildman–Crippen LogP) is 5.98. The molecule has 2 aromatic carbocycles. The third-order valence-corrected chi connectivity index (χ3v) is 19.7. The van der Waals surface area contributed by atoms with E-state index in [-0.39, 0.29) is 95.7 Å². The van der Waals surface area contributed by atoms with E-state index in [9.17, 15) is 37.5 Å². The minimum atomic E-state index is -0.435. The van der Waals surface area contributed by atoms with Crippen LogP contribution in [-0.4, -0.2) is 204 Å². The van der Waals surface area contributed by atoms with Gasteiger partial charge in [0.05, 0.1) is 24.5 Å². The van der Waals surface area contributed by atoms with Crippen molar-refractivity contribution in [2.75, 3.05) is 115 Å². The number of carbonyl (C=O) groups is 4. The highest BCUT2D eigenvalue weighted by Gasteiger charge is 2.43. The molecule has 2 aromatic heterocycles. The first kappa shape index (κ1) is 64.8. The average molecular weight is 1220 g/mol. The Kier molecular flexibility index (Phi) is 20.6. The van der Waals surface area contributed by atoms with Crippen LogP contribution in [0.5, 0.6) is 0 Å². The zero-order chi connectivity index (χ0) is 62.6. The first-order valence-electron chi connectivity index (χ1n) is 32.6. The van der Waals surface area contributed by atoms with Gasteiger partial charge < -0.3 is 40.2 Å². The van der Waals surface area contributed by atoms with Crippen molar-refractivity contribution >= 4 is 35.0 Å². The van der Waals surface area contributed by atoms with E-state index < -0.39 is 10.8 Å². The molecule has 0 saturated carbocycles. The summed E-state index contributed by atoms with van der Waals surface area (Å²) in [5, 5.41) is 7.28. The molecule has 0 unspecified atom stereocenters. The van der Waals surface area contributed by atoms with Crippen molar-refractivity contribution in [2.24, 2.45) is 0 Å². The van der Waals surface area contributed by atoms with Gasteiger partial charge in [0.15, 0.2) is 0 Å². The molecular weight excluding hydrogens is 1120 g/mol. The Morgan fingerprint density at radius 2 is 0.875 bits per heavy atom. The standard InChI is InChI=1S/C68H96F2N12O6/c1-45-35-79(41-61(85)81-43-67(5,6)63-57(81)31-51(65(87)73-63)29-49-17-21-53(69)22-18-49)55(33-71-45)39-75-25-27-77(37-47(75)3)59(83)15-13-11-9-10-12-14-16-60(84)78-28-26-76(48(4)38-78)40-56-34-72-46(2)36-80(56)42-62(86)82-44-68(7,8)64-58(82)32-52(66(88)74-64)30-50-19-23-54(70)24-20-50/h17-24,31-32,45-48,55-56,71-72H,9-16,25-30,33-44H2,1-8H3,(H,73,87)(H,74,88)/t45-,46-,47-,48-,55-,56-/m1/s1. The van der Waals surface area contributed by atoms with Crippen molar-refractivity contribution in [1.82, 2.24) is 50.0 Å². The van der Waals surface area contributed by atoms with Gasteiger partial charge in [0.2, 0.25) is 23.6 Å². The third-order valence-electron chi connectivity index (χ3n) is 19.7. The van der Waals surface area contributed by atoms with Crippen LogP contribution in [0.4, 0.5) is 20.2 Å². The van der Waals surface area contributed by atoms with Gasteiger partial charge in [-0.05, 0) is 88.1 Å². The zero-order valence-corrected chi connectivity index (χ0v) is 53.4. The van der Waals surface area contributed by atoms with Crippen LogP contribution in [0.3, 0.4) is 0 Å². The average Bonchev–Trinajstić information content (AvgIpc) is 1.87. The van der Waals surface area contributed by atoms with Crippen LogP contribution in [0.1, 0.15) is 140 Å². The summed E-state index contributed by atoms with van der Waals surface area (Å²) in [6.07, 6.45) is 7.50. The molecule has 0 aliphatic carbocycles. The molecule has 0 spiro atoms. The number of H-pyrrole nitrogens is 2. The fraction of sp³-hybridized carbons (Fsp3) is 0.618. The highest BCUT2D eigenvalue weighted by Crippen LogP contribution is 2.41. The van der Waals surface area contributed by atoms with Gasteiger partial charge >= 0.3 is 0 Å². The molecular formula is C68H96F2N12O6. The van der Waals surface area contributed by atoms with Crippen LogP contribution in [0.25, 0.3) is 0 Å². The number of nitrogens with zero attached hydrogens (tertiary/aromatic N) is 8. The number of amides is 4. The van der Waals surface area contributed by atoms with Gasteiger partial charge in [0.25, 0.3) is 11.1 Å². The first-order valence-corrected chi connectivity index (χ1v) is 32.6. The van der Waals surface area contributed by atoms with Crippen LogP contribution in [0.15, 0.2) is 70.3 Å². The first-order chi connectivity index (χ1) is 42.0. The smallest absolute Gasteiger partial charge is 0.251 e. The van der Waals surface area contributed by atoms with Crippen molar-refractivity contribution in [3.63, 3.8) is 0 Å². The van der Waals surface area contributed by atoms with Crippen molar-refractivity contribution in [3.8, 4) is 0 Å². The number of aromatic amines is 2. The van der Waals surface area contributed by atoms with Gasteiger partial charge in [-0.25, -0.2) is 8.78 Å². The lowest BCUT2D eigenvalue weighted by Crippen LogP contribution is -2.63. The normalized spacial score (nSPS) is 24.2. The van der Waals surface area contributed by atoms with Crippen molar-refractivity contribution < 1.29 is 28.0 Å². The Morgan fingerprint density at radius 3 is 1.25 bits per heavy atom. The Bertz CT molecular complexity index is 3030. The maximum absolute atomic E-state index is 14.4. The summed E-state index contributed by atoms with van der Waals surface area (Å²) >= 11 is 0. The molecule has 0 bridgehead atoms. The molecule has 88 heavy (non-hydrogen) atoms. The quantitative estimate of drug-likeness (QED) is 0.0718. The predicted molar refractivity (Wildman–Crippen MR) is 341 cm³/mol. The molecule has 4 amide bonds. The Balaban J connectivity index is 0.611. The lowest BCUT2D eigenvalue weighted by Gasteiger charge is -2.45. The van der Waals surface area contributed by atoms with E-state index in [1.54, 1.807) is 24.3 Å². The molecule has 4 aromatic rings. The minimum Gasteiger partial charge on any atom is -0.340 e. The van der Waals surface area contributed by atoms with E-state index in [2.05, 4.69) is 95.6 Å². The van der Waals surface area contributed by atoms with Crippen molar-refractivity contribution in [2.45, 2.75) is 167 Å². The lowest BCUT2D eigenvalue weighted by molar-refractivity contribution is -0.135.